The molecule has 0 saturated heterocycles. The Hall–Kier alpha value is -1.13. The van der Waals surface area contributed by atoms with E-state index >= 15 is 0 Å². The quantitative estimate of drug-likeness (QED) is 0.769. The van der Waals surface area contributed by atoms with E-state index in [1.165, 1.54) is 25.3 Å². The summed E-state index contributed by atoms with van der Waals surface area (Å²) >= 11 is 0. The lowest BCUT2D eigenvalue weighted by Crippen LogP contribution is -2.23. The van der Waals surface area contributed by atoms with Crippen molar-refractivity contribution in [2.75, 3.05) is 7.11 Å². The molecule has 0 amide bonds. The fourth-order valence-electron chi connectivity index (χ4n) is 1.22. The molecule has 1 aromatic rings. The van der Waals surface area contributed by atoms with E-state index in [9.17, 15) is 9.50 Å². The molecule has 0 fully saturated rings. The van der Waals surface area contributed by atoms with Crippen LogP contribution in [0.5, 0.6) is 5.75 Å². The van der Waals surface area contributed by atoms with E-state index in [1.807, 2.05) is 0 Å². The first-order chi connectivity index (χ1) is 6.56. The van der Waals surface area contributed by atoms with Crippen molar-refractivity contribution < 1.29 is 14.2 Å². The zero-order valence-electron chi connectivity index (χ0n) is 8.20. The number of hydrogen-bond acceptors (Lipinski definition) is 3. The summed E-state index contributed by atoms with van der Waals surface area (Å²) < 4.78 is 17.8. The lowest BCUT2D eigenvalue weighted by Gasteiger charge is -2.17. The number of rotatable bonds is 3. The lowest BCUT2D eigenvalue weighted by atomic mass is 10.0. The predicted octanol–water partition coefficient (Wildman–Crippen LogP) is 1.21. The largest absolute Gasteiger partial charge is 0.496 e. The Kier molecular flexibility index (Phi) is 3.43. The van der Waals surface area contributed by atoms with Crippen molar-refractivity contribution in [3.8, 4) is 5.75 Å². The normalized spacial score (nSPS) is 14.9. The lowest BCUT2D eigenvalue weighted by molar-refractivity contribution is 0.162. The van der Waals surface area contributed by atoms with Gasteiger partial charge in [-0.3, -0.25) is 0 Å². The van der Waals surface area contributed by atoms with Crippen LogP contribution < -0.4 is 10.5 Å². The van der Waals surface area contributed by atoms with Crippen LogP contribution in [0.2, 0.25) is 0 Å². The fraction of sp³-hybridized carbons (Fsp3) is 0.400. The Morgan fingerprint density at radius 3 is 2.64 bits per heavy atom. The van der Waals surface area contributed by atoms with Crippen molar-refractivity contribution in [3.05, 3.63) is 29.6 Å². The summed E-state index contributed by atoms with van der Waals surface area (Å²) in [4.78, 5) is 0. The zero-order valence-corrected chi connectivity index (χ0v) is 8.20. The van der Waals surface area contributed by atoms with Crippen LogP contribution >= 0.6 is 0 Å². The van der Waals surface area contributed by atoms with Crippen LogP contribution in [0, 0.1) is 5.82 Å². The van der Waals surface area contributed by atoms with Gasteiger partial charge in [0.25, 0.3) is 0 Å². The van der Waals surface area contributed by atoms with E-state index in [0.717, 1.165) is 0 Å². The molecule has 0 saturated carbocycles. The van der Waals surface area contributed by atoms with E-state index in [1.54, 1.807) is 6.92 Å². The first-order valence-electron chi connectivity index (χ1n) is 4.33. The monoisotopic (exact) mass is 199 g/mol. The highest BCUT2D eigenvalue weighted by Gasteiger charge is 2.16. The molecule has 3 nitrogen and oxygen atoms in total. The molecule has 0 aliphatic heterocycles. The molecule has 0 aliphatic carbocycles. The highest BCUT2D eigenvalue weighted by atomic mass is 19.1. The molecule has 1 rings (SSSR count). The number of ether oxygens (including phenoxy) is 1. The first-order valence-corrected chi connectivity index (χ1v) is 4.33. The zero-order chi connectivity index (χ0) is 10.7. The van der Waals surface area contributed by atoms with Gasteiger partial charge in [0, 0.05) is 11.6 Å². The van der Waals surface area contributed by atoms with E-state index in [2.05, 4.69) is 0 Å². The maximum absolute atomic E-state index is 12.8. The topological polar surface area (TPSA) is 55.5 Å². The van der Waals surface area contributed by atoms with Crippen molar-refractivity contribution in [1.82, 2.24) is 0 Å². The summed E-state index contributed by atoms with van der Waals surface area (Å²) in [6.45, 7) is 1.58. The Balaban J connectivity index is 3.07. The number of aliphatic hydroxyl groups is 1. The van der Waals surface area contributed by atoms with Crippen molar-refractivity contribution in [1.29, 1.82) is 0 Å². The van der Waals surface area contributed by atoms with Gasteiger partial charge in [0.2, 0.25) is 0 Å². The second-order valence-electron chi connectivity index (χ2n) is 3.15. The molecule has 78 valence electrons. The summed E-state index contributed by atoms with van der Waals surface area (Å²) in [7, 11) is 1.44. The van der Waals surface area contributed by atoms with Crippen LogP contribution in [0.25, 0.3) is 0 Å². The minimum absolute atomic E-state index is 0.360. The van der Waals surface area contributed by atoms with Crippen LogP contribution in [0.1, 0.15) is 18.5 Å². The molecule has 1 aromatic carbocycles. The molecule has 3 N–H and O–H groups in total. The number of benzene rings is 1. The average molecular weight is 199 g/mol. The van der Waals surface area contributed by atoms with Gasteiger partial charge in [0.05, 0.1) is 19.3 Å². The van der Waals surface area contributed by atoms with Gasteiger partial charge in [-0.15, -0.1) is 0 Å². The van der Waals surface area contributed by atoms with Gasteiger partial charge >= 0.3 is 0 Å². The van der Waals surface area contributed by atoms with Crippen molar-refractivity contribution in [2.24, 2.45) is 5.73 Å². The molecule has 0 radical (unpaired) electrons. The molecule has 0 aliphatic rings. The van der Waals surface area contributed by atoms with E-state index < -0.39 is 12.1 Å². The molecule has 0 bridgehead atoms. The average Bonchev–Trinajstić information content (AvgIpc) is 2.16. The van der Waals surface area contributed by atoms with Crippen LogP contribution in [-0.4, -0.2) is 18.3 Å². The molecule has 2 atom stereocenters. The molecule has 0 spiro atoms. The van der Waals surface area contributed by atoms with Crippen LogP contribution in [0.3, 0.4) is 0 Å². The summed E-state index contributed by atoms with van der Waals surface area (Å²) in [5, 5.41) is 9.29. The number of halogens is 1. The summed E-state index contributed by atoms with van der Waals surface area (Å²) in [5.41, 5.74) is 6.31. The number of methoxy groups -OCH3 is 1. The van der Waals surface area contributed by atoms with Crippen LogP contribution in [-0.2, 0) is 0 Å². The SMILES string of the molecule is COc1cc(F)ccc1[C@H](N)[C@@H](C)O. The van der Waals surface area contributed by atoms with Crippen LogP contribution in [0.4, 0.5) is 4.39 Å². The van der Waals surface area contributed by atoms with Gasteiger partial charge in [-0.1, -0.05) is 6.07 Å². The molecule has 0 aromatic heterocycles. The second-order valence-corrected chi connectivity index (χ2v) is 3.15. The van der Waals surface area contributed by atoms with Gasteiger partial charge in [-0.2, -0.15) is 0 Å². The van der Waals surface area contributed by atoms with E-state index in [-0.39, 0.29) is 5.82 Å². The third-order valence-corrected chi connectivity index (χ3v) is 2.07. The number of nitrogens with two attached hydrogens (primary N) is 1. The van der Waals surface area contributed by atoms with Gasteiger partial charge in [-0.05, 0) is 13.0 Å². The fourth-order valence-corrected chi connectivity index (χ4v) is 1.22. The molecular weight excluding hydrogens is 185 g/mol. The summed E-state index contributed by atoms with van der Waals surface area (Å²) in [6.07, 6.45) is -0.700. The van der Waals surface area contributed by atoms with Gasteiger partial charge in [-0.25, -0.2) is 4.39 Å². The molecule has 0 unspecified atom stereocenters. The Morgan fingerprint density at radius 1 is 1.50 bits per heavy atom. The minimum atomic E-state index is -0.700. The van der Waals surface area contributed by atoms with Crippen molar-refractivity contribution >= 4 is 0 Å². The predicted molar refractivity (Wildman–Crippen MR) is 51.6 cm³/mol. The van der Waals surface area contributed by atoms with E-state index in [4.69, 9.17) is 10.5 Å². The van der Waals surface area contributed by atoms with Crippen LogP contribution in [0.15, 0.2) is 18.2 Å². The third kappa shape index (κ3) is 2.21. The molecular formula is C10H14FNO2. The Labute approximate surface area is 82.3 Å². The maximum Gasteiger partial charge on any atom is 0.126 e. The Morgan fingerprint density at radius 2 is 2.14 bits per heavy atom. The molecule has 4 heteroatoms. The number of hydrogen-bond donors (Lipinski definition) is 2. The van der Waals surface area contributed by atoms with Gasteiger partial charge in [0.1, 0.15) is 11.6 Å². The molecule has 0 heterocycles. The van der Waals surface area contributed by atoms with E-state index in [0.29, 0.717) is 11.3 Å². The highest BCUT2D eigenvalue weighted by molar-refractivity contribution is 5.36. The smallest absolute Gasteiger partial charge is 0.126 e. The first kappa shape index (κ1) is 10.9. The third-order valence-electron chi connectivity index (χ3n) is 2.07. The van der Waals surface area contributed by atoms with Gasteiger partial charge in [0.15, 0.2) is 0 Å². The van der Waals surface area contributed by atoms with Crippen molar-refractivity contribution in [3.63, 3.8) is 0 Å². The minimum Gasteiger partial charge on any atom is -0.496 e. The summed E-state index contributed by atoms with van der Waals surface area (Å²) in [5.74, 6) is -0.0261. The van der Waals surface area contributed by atoms with Crippen molar-refractivity contribution in [2.45, 2.75) is 19.1 Å². The maximum atomic E-state index is 12.8. The second kappa shape index (κ2) is 4.39. The highest BCUT2D eigenvalue weighted by Crippen LogP contribution is 2.26. The number of aliphatic hydroxyl groups excluding tert-OH is 1. The molecule has 14 heavy (non-hydrogen) atoms. The summed E-state index contributed by atoms with van der Waals surface area (Å²) in [6, 6.07) is 3.49. The standard InChI is InChI=1S/C10H14FNO2/c1-6(13)10(12)8-4-3-7(11)5-9(8)14-2/h3-6,10,13H,12H2,1-2H3/t6-,10-/m1/s1. The van der Waals surface area contributed by atoms with Gasteiger partial charge < -0.3 is 15.6 Å². The Bertz CT molecular complexity index is 315.